The lowest BCUT2D eigenvalue weighted by molar-refractivity contribution is -0.137. The lowest BCUT2D eigenvalue weighted by atomic mass is 9.99. The number of alkyl halides is 3. The zero-order chi connectivity index (χ0) is 15.6. The fraction of sp³-hybridized carbons (Fsp3) is 0.200. The van der Waals surface area contributed by atoms with Crippen molar-refractivity contribution < 1.29 is 13.2 Å². The van der Waals surface area contributed by atoms with Gasteiger partial charge >= 0.3 is 6.18 Å². The Morgan fingerprint density at radius 3 is 2.19 bits per heavy atom. The second kappa shape index (κ2) is 6.26. The van der Waals surface area contributed by atoms with Crippen LogP contribution in [-0.4, -0.2) is 0 Å². The summed E-state index contributed by atoms with van der Waals surface area (Å²) in [7, 11) is 0. The highest BCUT2D eigenvalue weighted by molar-refractivity contribution is 6.33. The van der Waals surface area contributed by atoms with Crippen LogP contribution < -0.4 is 5.73 Å². The Morgan fingerprint density at radius 1 is 1.00 bits per heavy atom. The van der Waals surface area contributed by atoms with Crippen LogP contribution >= 0.6 is 23.2 Å². The van der Waals surface area contributed by atoms with Crippen molar-refractivity contribution in [2.45, 2.75) is 18.6 Å². The van der Waals surface area contributed by atoms with Gasteiger partial charge in [0.05, 0.1) is 5.56 Å². The molecule has 2 aromatic carbocycles. The first-order valence-electron chi connectivity index (χ1n) is 6.14. The lowest BCUT2D eigenvalue weighted by Gasteiger charge is -2.15. The van der Waals surface area contributed by atoms with Crippen LogP contribution in [-0.2, 0) is 12.6 Å². The van der Waals surface area contributed by atoms with Gasteiger partial charge in [0.15, 0.2) is 0 Å². The Kier molecular flexibility index (Phi) is 4.81. The van der Waals surface area contributed by atoms with Crippen molar-refractivity contribution in [3.05, 3.63) is 69.2 Å². The zero-order valence-electron chi connectivity index (χ0n) is 10.8. The average molecular weight is 334 g/mol. The number of halogens is 5. The van der Waals surface area contributed by atoms with Crippen LogP contribution in [0.25, 0.3) is 0 Å². The summed E-state index contributed by atoms with van der Waals surface area (Å²) in [5.41, 5.74) is 6.75. The van der Waals surface area contributed by atoms with E-state index < -0.39 is 17.8 Å². The van der Waals surface area contributed by atoms with Crippen LogP contribution in [0, 0.1) is 0 Å². The van der Waals surface area contributed by atoms with E-state index in [2.05, 4.69) is 0 Å². The Balaban J connectivity index is 2.16. The summed E-state index contributed by atoms with van der Waals surface area (Å²) in [6.45, 7) is 0. The van der Waals surface area contributed by atoms with Gasteiger partial charge in [-0.25, -0.2) is 0 Å². The quantitative estimate of drug-likeness (QED) is 0.815. The van der Waals surface area contributed by atoms with Crippen LogP contribution in [0.4, 0.5) is 13.2 Å². The molecule has 6 heteroatoms. The zero-order valence-corrected chi connectivity index (χ0v) is 12.3. The van der Waals surface area contributed by atoms with E-state index in [1.807, 2.05) is 0 Å². The minimum absolute atomic E-state index is 0.373. The number of nitrogens with two attached hydrogens (primary N) is 1. The standard InChI is InChI=1S/C15H12Cl2F3N/c16-11-5-6-13(17)12(8-11)14(21)7-9-1-3-10(4-2-9)15(18,19)20/h1-6,8,14H,7,21H2. The SMILES string of the molecule is NC(Cc1ccc(C(F)(F)F)cc1)c1cc(Cl)ccc1Cl. The first-order chi connectivity index (χ1) is 9.77. The second-order valence-electron chi connectivity index (χ2n) is 4.67. The highest BCUT2D eigenvalue weighted by Crippen LogP contribution is 2.30. The second-order valence-corrected chi connectivity index (χ2v) is 5.51. The molecule has 0 heterocycles. The maximum Gasteiger partial charge on any atom is 0.416 e. The molecule has 0 aromatic heterocycles. The Bertz CT molecular complexity index is 624. The molecule has 1 atom stereocenters. The predicted molar refractivity (Wildman–Crippen MR) is 78.5 cm³/mol. The van der Waals surface area contributed by atoms with E-state index in [0.717, 1.165) is 12.1 Å². The number of hydrogen-bond acceptors (Lipinski definition) is 1. The highest BCUT2D eigenvalue weighted by Gasteiger charge is 2.29. The minimum Gasteiger partial charge on any atom is -0.324 e. The van der Waals surface area contributed by atoms with Crippen molar-refractivity contribution in [1.29, 1.82) is 0 Å². The first kappa shape index (κ1) is 16.1. The Morgan fingerprint density at radius 2 is 1.62 bits per heavy atom. The molecule has 2 N–H and O–H groups in total. The molecule has 0 aliphatic rings. The summed E-state index contributed by atoms with van der Waals surface area (Å²) in [6.07, 6.45) is -3.96. The highest BCUT2D eigenvalue weighted by atomic mass is 35.5. The molecular formula is C15H12Cl2F3N. The molecular weight excluding hydrogens is 322 g/mol. The molecule has 0 saturated carbocycles. The smallest absolute Gasteiger partial charge is 0.324 e. The van der Waals surface area contributed by atoms with E-state index in [1.165, 1.54) is 12.1 Å². The largest absolute Gasteiger partial charge is 0.416 e. The van der Waals surface area contributed by atoms with Crippen molar-refractivity contribution in [3.8, 4) is 0 Å². The normalized spacial score (nSPS) is 13.2. The first-order valence-corrected chi connectivity index (χ1v) is 6.89. The van der Waals surface area contributed by atoms with Crippen LogP contribution in [0.5, 0.6) is 0 Å². The Labute approximate surface area is 130 Å². The van der Waals surface area contributed by atoms with Gasteiger partial charge in [-0.2, -0.15) is 13.2 Å². The van der Waals surface area contributed by atoms with Crippen molar-refractivity contribution in [3.63, 3.8) is 0 Å². The molecule has 0 bridgehead atoms. The van der Waals surface area contributed by atoms with Crippen LogP contribution in [0.2, 0.25) is 10.0 Å². The van der Waals surface area contributed by atoms with Gasteiger partial charge in [0.2, 0.25) is 0 Å². The van der Waals surface area contributed by atoms with E-state index in [9.17, 15) is 13.2 Å². The molecule has 21 heavy (non-hydrogen) atoms. The molecule has 2 rings (SSSR count). The summed E-state index contributed by atoms with van der Waals surface area (Å²) >= 11 is 12.0. The molecule has 1 unspecified atom stereocenters. The average Bonchev–Trinajstić information content (AvgIpc) is 2.41. The molecule has 0 saturated heterocycles. The summed E-state index contributed by atoms with van der Waals surface area (Å²) < 4.78 is 37.5. The van der Waals surface area contributed by atoms with E-state index in [-0.39, 0.29) is 0 Å². The van der Waals surface area contributed by atoms with Crippen molar-refractivity contribution in [2.24, 2.45) is 5.73 Å². The molecule has 112 valence electrons. The monoisotopic (exact) mass is 333 g/mol. The fourth-order valence-electron chi connectivity index (χ4n) is 1.99. The summed E-state index contributed by atoms with van der Waals surface area (Å²) in [6, 6.07) is 9.45. The topological polar surface area (TPSA) is 26.0 Å². The summed E-state index contributed by atoms with van der Waals surface area (Å²) in [5.74, 6) is 0. The van der Waals surface area contributed by atoms with Gasteiger partial charge in [0.25, 0.3) is 0 Å². The van der Waals surface area contributed by atoms with Crippen molar-refractivity contribution in [2.75, 3.05) is 0 Å². The van der Waals surface area contributed by atoms with Gasteiger partial charge in [-0.3, -0.25) is 0 Å². The summed E-state index contributed by atoms with van der Waals surface area (Å²) in [4.78, 5) is 0. The Hall–Kier alpha value is -1.23. The molecule has 0 aliphatic heterocycles. The van der Waals surface area contributed by atoms with E-state index in [4.69, 9.17) is 28.9 Å². The third-order valence-corrected chi connectivity index (χ3v) is 3.67. The van der Waals surface area contributed by atoms with E-state index in [0.29, 0.717) is 27.6 Å². The lowest BCUT2D eigenvalue weighted by Crippen LogP contribution is -2.14. The third kappa shape index (κ3) is 4.13. The van der Waals surface area contributed by atoms with Gasteiger partial charge in [-0.1, -0.05) is 35.3 Å². The summed E-state index contributed by atoms with van der Waals surface area (Å²) in [5, 5.41) is 0.996. The van der Waals surface area contributed by atoms with Gasteiger partial charge in [0.1, 0.15) is 0 Å². The van der Waals surface area contributed by atoms with E-state index in [1.54, 1.807) is 18.2 Å². The fourth-order valence-corrected chi connectivity index (χ4v) is 2.43. The molecule has 0 amide bonds. The van der Waals surface area contributed by atoms with E-state index >= 15 is 0 Å². The molecule has 0 fully saturated rings. The van der Waals surface area contributed by atoms with Gasteiger partial charge in [0, 0.05) is 16.1 Å². The van der Waals surface area contributed by atoms with Gasteiger partial charge < -0.3 is 5.73 Å². The van der Waals surface area contributed by atoms with Crippen LogP contribution in [0.1, 0.15) is 22.7 Å². The number of hydrogen-bond donors (Lipinski definition) is 1. The van der Waals surface area contributed by atoms with Crippen LogP contribution in [0.15, 0.2) is 42.5 Å². The minimum atomic E-state index is -4.34. The maximum atomic E-state index is 12.5. The van der Waals surface area contributed by atoms with Crippen molar-refractivity contribution >= 4 is 23.2 Å². The number of benzene rings is 2. The van der Waals surface area contributed by atoms with Gasteiger partial charge in [-0.15, -0.1) is 0 Å². The molecule has 2 aromatic rings. The maximum absolute atomic E-state index is 12.5. The van der Waals surface area contributed by atoms with Crippen molar-refractivity contribution in [1.82, 2.24) is 0 Å². The predicted octanol–water partition coefficient (Wildman–Crippen LogP) is 5.25. The molecule has 0 radical (unpaired) electrons. The third-order valence-electron chi connectivity index (χ3n) is 3.09. The molecule has 0 spiro atoms. The molecule has 1 nitrogen and oxygen atoms in total. The van der Waals surface area contributed by atoms with Gasteiger partial charge in [-0.05, 0) is 47.9 Å². The number of rotatable bonds is 3. The molecule has 0 aliphatic carbocycles. The van der Waals surface area contributed by atoms with Crippen LogP contribution in [0.3, 0.4) is 0 Å².